The second-order valence-corrected chi connectivity index (χ2v) is 4.33. The predicted octanol–water partition coefficient (Wildman–Crippen LogP) is 2.92. The minimum absolute atomic E-state index is 0.307. The lowest BCUT2D eigenvalue weighted by atomic mass is 10.1. The first-order valence-corrected chi connectivity index (χ1v) is 6.01. The summed E-state index contributed by atoms with van der Waals surface area (Å²) in [5.74, 6) is -3.83. The first kappa shape index (κ1) is 15.0. The minimum atomic E-state index is -1.45. The number of aliphatic hydroxyl groups excluding tert-OH is 1. The van der Waals surface area contributed by atoms with E-state index in [1.54, 1.807) is 6.92 Å². The van der Waals surface area contributed by atoms with Crippen molar-refractivity contribution in [2.45, 2.75) is 38.8 Å². The molecule has 0 saturated carbocycles. The number of halogens is 3. The van der Waals surface area contributed by atoms with Gasteiger partial charge in [0.15, 0.2) is 17.5 Å². The summed E-state index contributed by atoms with van der Waals surface area (Å²) in [6.45, 7) is 4.13. The Balaban J connectivity index is 2.59. The normalized spacial score (nSPS) is 14.6. The van der Waals surface area contributed by atoms with Gasteiger partial charge in [-0.1, -0.05) is 6.92 Å². The molecular formula is C13H18F3NO. The Morgan fingerprint density at radius 2 is 1.78 bits per heavy atom. The molecular weight excluding hydrogens is 243 g/mol. The summed E-state index contributed by atoms with van der Waals surface area (Å²) in [5.41, 5.74) is 0.345. The van der Waals surface area contributed by atoms with Gasteiger partial charge in [-0.2, -0.15) is 0 Å². The standard InChI is InChI=1S/C13H18F3NO/c1-3-10(18)4-5-17-8(2)9-6-11(14)13(16)12(15)7-9/h6-8,10,17-18H,3-5H2,1-2H3. The monoisotopic (exact) mass is 261 g/mol. The molecule has 0 radical (unpaired) electrons. The number of hydrogen-bond acceptors (Lipinski definition) is 2. The number of hydrogen-bond donors (Lipinski definition) is 2. The third kappa shape index (κ3) is 3.99. The van der Waals surface area contributed by atoms with Gasteiger partial charge in [0, 0.05) is 6.04 Å². The van der Waals surface area contributed by atoms with Gasteiger partial charge in [0.2, 0.25) is 0 Å². The number of rotatable bonds is 6. The molecule has 0 aliphatic heterocycles. The zero-order valence-electron chi connectivity index (χ0n) is 10.5. The van der Waals surface area contributed by atoms with Gasteiger partial charge in [-0.25, -0.2) is 13.2 Å². The fourth-order valence-corrected chi connectivity index (χ4v) is 1.61. The molecule has 102 valence electrons. The van der Waals surface area contributed by atoms with Crippen molar-refractivity contribution in [2.75, 3.05) is 6.54 Å². The van der Waals surface area contributed by atoms with Crippen LogP contribution in [0.3, 0.4) is 0 Å². The second kappa shape index (κ2) is 6.75. The van der Waals surface area contributed by atoms with Crippen molar-refractivity contribution in [3.05, 3.63) is 35.1 Å². The van der Waals surface area contributed by atoms with Gasteiger partial charge in [0.1, 0.15) is 0 Å². The van der Waals surface area contributed by atoms with Gasteiger partial charge < -0.3 is 10.4 Å². The lowest BCUT2D eigenvalue weighted by Crippen LogP contribution is -2.23. The Hall–Kier alpha value is -1.07. The second-order valence-electron chi connectivity index (χ2n) is 4.33. The SMILES string of the molecule is CCC(O)CCNC(C)c1cc(F)c(F)c(F)c1. The van der Waals surface area contributed by atoms with E-state index in [0.29, 0.717) is 24.9 Å². The van der Waals surface area contributed by atoms with Crippen LogP contribution in [-0.2, 0) is 0 Å². The average Bonchev–Trinajstić information content (AvgIpc) is 2.34. The third-order valence-corrected chi connectivity index (χ3v) is 2.91. The van der Waals surface area contributed by atoms with Crippen molar-refractivity contribution in [3.8, 4) is 0 Å². The van der Waals surface area contributed by atoms with E-state index in [1.165, 1.54) is 0 Å². The van der Waals surface area contributed by atoms with Crippen LogP contribution in [0.4, 0.5) is 13.2 Å². The fourth-order valence-electron chi connectivity index (χ4n) is 1.61. The summed E-state index contributed by atoms with van der Waals surface area (Å²) in [5, 5.41) is 12.4. The molecule has 0 bridgehead atoms. The highest BCUT2D eigenvalue weighted by Gasteiger charge is 2.14. The first-order chi connectivity index (χ1) is 8.45. The van der Waals surface area contributed by atoms with Crippen LogP contribution in [0.15, 0.2) is 12.1 Å². The number of benzene rings is 1. The lowest BCUT2D eigenvalue weighted by Gasteiger charge is -2.16. The van der Waals surface area contributed by atoms with E-state index in [4.69, 9.17) is 0 Å². The molecule has 0 fully saturated rings. The van der Waals surface area contributed by atoms with Crippen LogP contribution in [0.2, 0.25) is 0 Å². The minimum Gasteiger partial charge on any atom is -0.393 e. The maximum atomic E-state index is 13.0. The van der Waals surface area contributed by atoms with Crippen LogP contribution in [-0.4, -0.2) is 17.8 Å². The largest absolute Gasteiger partial charge is 0.393 e. The Labute approximate surface area is 105 Å². The van der Waals surface area contributed by atoms with Crippen LogP contribution in [0.1, 0.15) is 38.3 Å². The molecule has 0 aliphatic carbocycles. The third-order valence-electron chi connectivity index (χ3n) is 2.91. The van der Waals surface area contributed by atoms with Crippen molar-refractivity contribution in [2.24, 2.45) is 0 Å². The average molecular weight is 261 g/mol. The highest BCUT2D eigenvalue weighted by atomic mass is 19.2. The molecule has 5 heteroatoms. The molecule has 0 aromatic heterocycles. The quantitative estimate of drug-likeness (QED) is 0.772. The Morgan fingerprint density at radius 3 is 2.28 bits per heavy atom. The maximum Gasteiger partial charge on any atom is 0.194 e. The topological polar surface area (TPSA) is 32.3 Å². The molecule has 18 heavy (non-hydrogen) atoms. The highest BCUT2D eigenvalue weighted by molar-refractivity contribution is 5.22. The molecule has 0 spiro atoms. The molecule has 1 rings (SSSR count). The van der Waals surface area contributed by atoms with Gasteiger partial charge in [0.25, 0.3) is 0 Å². The van der Waals surface area contributed by atoms with Crippen LogP contribution in [0.5, 0.6) is 0 Å². The van der Waals surface area contributed by atoms with Gasteiger partial charge in [-0.15, -0.1) is 0 Å². The Morgan fingerprint density at radius 1 is 1.22 bits per heavy atom. The van der Waals surface area contributed by atoms with Crippen molar-refractivity contribution in [1.29, 1.82) is 0 Å². The van der Waals surface area contributed by atoms with E-state index in [9.17, 15) is 18.3 Å². The molecule has 1 aromatic carbocycles. The predicted molar refractivity (Wildman–Crippen MR) is 63.6 cm³/mol. The smallest absolute Gasteiger partial charge is 0.194 e. The van der Waals surface area contributed by atoms with Crippen LogP contribution >= 0.6 is 0 Å². The summed E-state index contributed by atoms with van der Waals surface area (Å²) in [4.78, 5) is 0. The molecule has 0 heterocycles. The summed E-state index contributed by atoms with van der Waals surface area (Å²) in [6.07, 6.45) is 0.842. The van der Waals surface area contributed by atoms with Gasteiger partial charge in [-0.3, -0.25) is 0 Å². The van der Waals surface area contributed by atoms with Crippen molar-refractivity contribution >= 4 is 0 Å². The van der Waals surface area contributed by atoms with Gasteiger partial charge >= 0.3 is 0 Å². The van der Waals surface area contributed by atoms with E-state index < -0.39 is 17.5 Å². The molecule has 2 unspecified atom stereocenters. The molecule has 0 amide bonds. The van der Waals surface area contributed by atoms with E-state index in [2.05, 4.69) is 5.32 Å². The molecule has 2 atom stereocenters. The highest BCUT2D eigenvalue weighted by Crippen LogP contribution is 2.19. The summed E-state index contributed by atoms with van der Waals surface area (Å²) in [6, 6.07) is 1.65. The lowest BCUT2D eigenvalue weighted by molar-refractivity contribution is 0.159. The number of nitrogens with one attached hydrogen (secondary N) is 1. The molecule has 2 N–H and O–H groups in total. The summed E-state index contributed by atoms with van der Waals surface area (Å²) in [7, 11) is 0. The summed E-state index contributed by atoms with van der Waals surface area (Å²) >= 11 is 0. The maximum absolute atomic E-state index is 13.0. The van der Waals surface area contributed by atoms with Crippen molar-refractivity contribution < 1.29 is 18.3 Å². The van der Waals surface area contributed by atoms with Crippen molar-refractivity contribution in [1.82, 2.24) is 5.32 Å². The van der Waals surface area contributed by atoms with Crippen molar-refractivity contribution in [3.63, 3.8) is 0 Å². The zero-order chi connectivity index (χ0) is 13.7. The van der Waals surface area contributed by atoms with Gasteiger partial charge in [0.05, 0.1) is 6.10 Å². The van der Waals surface area contributed by atoms with E-state index in [0.717, 1.165) is 12.1 Å². The first-order valence-electron chi connectivity index (χ1n) is 6.01. The van der Waals surface area contributed by atoms with E-state index >= 15 is 0 Å². The van der Waals surface area contributed by atoms with Gasteiger partial charge in [-0.05, 0) is 44.0 Å². The molecule has 1 aromatic rings. The van der Waals surface area contributed by atoms with Crippen LogP contribution in [0.25, 0.3) is 0 Å². The molecule has 0 aliphatic rings. The Bertz CT molecular complexity index is 375. The Kier molecular flexibility index (Phi) is 5.62. The van der Waals surface area contributed by atoms with Crippen LogP contribution < -0.4 is 5.32 Å². The fraction of sp³-hybridized carbons (Fsp3) is 0.538. The molecule has 2 nitrogen and oxygen atoms in total. The number of aliphatic hydroxyl groups is 1. The van der Waals surface area contributed by atoms with E-state index in [-0.39, 0.29) is 12.1 Å². The summed E-state index contributed by atoms with van der Waals surface area (Å²) < 4.78 is 38.8. The van der Waals surface area contributed by atoms with E-state index in [1.807, 2.05) is 6.92 Å². The molecule has 0 saturated heterocycles. The van der Waals surface area contributed by atoms with Crippen LogP contribution in [0, 0.1) is 17.5 Å². The zero-order valence-corrected chi connectivity index (χ0v) is 10.5.